The number of aryl methyl sites for hydroxylation is 1. The molecule has 1 heterocycles. The Kier molecular flexibility index (Phi) is 5.46. The molecule has 1 aliphatic carbocycles. The van der Waals surface area contributed by atoms with Crippen LogP contribution in [-0.2, 0) is 14.8 Å². The van der Waals surface area contributed by atoms with Gasteiger partial charge in [-0.2, -0.15) is 0 Å². The van der Waals surface area contributed by atoms with Gasteiger partial charge in [0.15, 0.2) is 0 Å². The molecular formula is C18H26N2O4S. The minimum atomic E-state index is -3.58. The normalized spacial score (nSPS) is 20.6. The molecule has 0 radical (unpaired) electrons. The van der Waals surface area contributed by atoms with Crippen LogP contribution in [0.1, 0.15) is 42.1 Å². The van der Waals surface area contributed by atoms with Crippen LogP contribution in [0.4, 0.5) is 0 Å². The topological polar surface area (TPSA) is 75.7 Å². The Labute approximate surface area is 149 Å². The van der Waals surface area contributed by atoms with Gasteiger partial charge in [0.2, 0.25) is 10.0 Å². The van der Waals surface area contributed by atoms with Crippen LogP contribution in [0.25, 0.3) is 0 Å². The van der Waals surface area contributed by atoms with Crippen molar-refractivity contribution in [2.24, 2.45) is 5.92 Å². The summed E-state index contributed by atoms with van der Waals surface area (Å²) in [6, 6.07) is 5.05. The smallest absolute Gasteiger partial charge is 0.254 e. The molecule has 1 N–H and O–H groups in total. The second-order valence-electron chi connectivity index (χ2n) is 6.90. The molecule has 6 nitrogen and oxygen atoms in total. The van der Waals surface area contributed by atoms with Crippen molar-refractivity contribution in [3.05, 3.63) is 29.3 Å². The van der Waals surface area contributed by atoms with E-state index < -0.39 is 10.0 Å². The fraction of sp³-hybridized carbons (Fsp3) is 0.611. The van der Waals surface area contributed by atoms with E-state index in [2.05, 4.69) is 4.72 Å². The van der Waals surface area contributed by atoms with Crippen molar-refractivity contribution in [3.8, 4) is 0 Å². The maximum atomic E-state index is 13.1. The summed E-state index contributed by atoms with van der Waals surface area (Å²) in [5, 5.41) is 0. The number of amides is 1. The van der Waals surface area contributed by atoms with E-state index in [0.717, 1.165) is 31.4 Å². The lowest BCUT2D eigenvalue weighted by Crippen LogP contribution is -2.38. The third-order valence-electron chi connectivity index (χ3n) is 4.81. The van der Waals surface area contributed by atoms with Crippen molar-refractivity contribution in [2.45, 2.75) is 44.0 Å². The van der Waals surface area contributed by atoms with E-state index in [-0.39, 0.29) is 16.8 Å². The van der Waals surface area contributed by atoms with E-state index in [1.54, 1.807) is 19.1 Å². The molecule has 25 heavy (non-hydrogen) atoms. The summed E-state index contributed by atoms with van der Waals surface area (Å²) in [6.07, 6.45) is 3.02. The molecule has 3 rings (SSSR count). The van der Waals surface area contributed by atoms with E-state index in [4.69, 9.17) is 4.74 Å². The van der Waals surface area contributed by atoms with Gasteiger partial charge in [-0.05, 0) is 43.9 Å². The highest BCUT2D eigenvalue weighted by molar-refractivity contribution is 7.89. The first kappa shape index (κ1) is 18.4. The maximum Gasteiger partial charge on any atom is 0.254 e. The predicted molar refractivity (Wildman–Crippen MR) is 95.0 cm³/mol. The number of nitrogens with one attached hydrogen (secondary N) is 1. The average molecular weight is 366 g/mol. The number of rotatable bonds is 7. The molecule has 1 unspecified atom stereocenters. The number of sulfonamides is 1. The highest BCUT2D eigenvalue weighted by atomic mass is 32.2. The van der Waals surface area contributed by atoms with Crippen LogP contribution in [0, 0.1) is 12.8 Å². The first-order valence-corrected chi connectivity index (χ1v) is 10.4. The van der Waals surface area contributed by atoms with E-state index in [9.17, 15) is 13.2 Å². The minimum Gasteiger partial charge on any atom is -0.381 e. The molecule has 1 amide bonds. The van der Waals surface area contributed by atoms with Crippen molar-refractivity contribution < 1.29 is 17.9 Å². The lowest BCUT2D eigenvalue weighted by Gasteiger charge is -2.26. The average Bonchev–Trinajstić information content (AvgIpc) is 3.28. The molecule has 2 aliphatic rings. The highest BCUT2D eigenvalue weighted by Gasteiger charge is 2.36. The summed E-state index contributed by atoms with van der Waals surface area (Å²) >= 11 is 0. The van der Waals surface area contributed by atoms with Crippen LogP contribution in [0.3, 0.4) is 0 Å². The minimum absolute atomic E-state index is 0.0690. The lowest BCUT2D eigenvalue weighted by atomic mass is 10.0. The fourth-order valence-corrected chi connectivity index (χ4v) is 4.28. The van der Waals surface area contributed by atoms with Gasteiger partial charge in [-0.25, -0.2) is 13.1 Å². The largest absolute Gasteiger partial charge is 0.381 e. The van der Waals surface area contributed by atoms with Gasteiger partial charge in [-0.3, -0.25) is 4.79 Å². The molecule has 1 aliphatic heterocycles. The zero-order chi connectivity index (χ0) is 18.0. The van der Waals surface area contributed by atoms with Gasteiger partial charge in [-0.15, -0.1) is 0 Å². The van der Waals surface area contributed by atoms with E-state index in [1.165, 1.54) is 6.07 Å². The Morgan fingerprint density at radius 3 is 2.68 bits per heavy atom. The van der Waals surface area contributed by atoms with Crippen LogP contribution in [-0.4, -0.2) is 51.6 Å². The molecule has 0 aromatic heterocycles. The number of nitrogens with zero attached hydrogens (tertiary/aromatic N) is 1. The Morgan fingerprint density at radius 2 is 2.08 bits per heavy atom. The van der Waals surface area contributed by atoms with Crippen LogP contribution < -0.4 is 4.72 Å². The molecule has 1 aromatic rings. The van der Waals surface area contributed by atoms with Gasteiger partial charge in [0.1, 0.15) is 0 Å². The summed E-state index contributed by atoms with van der Waals surface area (Å²) in [5.41, 5.74) is 1.28. The Morgan fingerprint density at radius 1 is 1.32 bits per heavy atom. The van der Waals surface area contributed by atoms with Crippen LogP contribution >= 0.6 is 0 Å². The second-order valence-corrected chi connectivity index (χ2v) is 8.66. The standard InChI is InChI=1S/C18H26N2O4S/c1-3-19-25(22,23)16-7-4-13(2)17(10-16)18(21)20(15-5-6-15)11-14-8-9-24-12-14/h4,7,10,14-15,19H,3,5-6,8-9,11-12H2,1-2H3. The Hall–Kier alpha value is -1.44. The zero-order valence-electron chi connectivity index (χ0n) is 14.8. The molecule has 0 bridgehead atoms. The Balaban J connectivity index is 1.86. The first-order chi connectivity index (χ1) is 11.9. The molecule has 138 valence electrons. The first-order valence-electron chi connectivity index (χ1n) is 8.91. The van der Waals surface area contributed by atoms with Crippen molar-refractivity contribution in [1.29, 1.82) is 0 Å². The third-order valence-corrected chi connectivity index (χ3v) is 6.35. The van der Waals surface area contributed by atoms with Gasteiger partial charge in [0.05, 0.1) is 11.5 Å². The summed E-state index contributed by atoms with van der Waals surface area (Å²) in [6.45, 7) is 6.04. The highest BCUT2D eigenvalue weighted by Crippen LogP contribution is 2.31. The van der Waals surface area contributed by atoms with E-state index in [0.29, 0.717) is 31.2 Å². The fourth-order valence-electron chi connectivity index (χ4n) is 3.22. The van der Waals surface area contributed by atoms with Crippen molar-refractivity contribution in [1.82, 2.24) is 9.62 Å². The molecule has 1 saturated heterocycles. The lowest BCUT2D eigenvalue weighted by molar-refractivity contribution is 0.0705. The number of carbonyl (C=O) groups excluding carboxylic acids is 1. The summed E-state index contributed by atoms with van der Waals surface area (Å²) in [5.74, 6) is 0.305. The van der Waals surface area contributed by atoms with Crippen molar-refractivity contribution in [2.75, 3.05) is 26.3 Å². The molecule has 1 aromatic carbocycles. The molecule has 0 spiro atoms. The molecule has 2 fully saturated rings. The van der Waals surface area contributed by atoms with Gasteiger partial charge < -0.3 is 9.64 Å². The molecular weight excluding hydrogens is 340 g/mol. The summed E-state index contributed by atoms with van der Waals surface area (Å²) < 4.78 is 32.4. The predicted octanol–water partition coefficient (Wildman–Crippen LogP) is 1.93. The van der Waals surface area contributed by atoms with E-state index in [1.807, 2.05) is 11.8 Å². The van der Waals surface area contributed by atoms with Crippen LogP contribution in [0.15, 0.2) is 23.1 Å². The summed E-state index contributed by atoms with van der Waals surface area (Å²) in [4.78, 5) is 15.2. The number of carbonyl (C=O) groups is 1. The van der Waals surface area contributed by atoms with Gasteiger partial charge in [0, 0.05) is 37.2 Å². The summed E-state index contributed by atoms with van der Waals surface area (Å²) in [7, 11) is -3.58. The monoisotopic (exact) mass is 366 g/mol. The number of hydrogen-bond donors (Lipinski definition) is 1. The molecule has 1 atom stereocenters. The third kappa shape index (κ3) is 4.22. The maximum absolute atomic E-state index is 13.1. The Bertz CT molecular complexity index is 737. The van der Waals surface area contributed by atoms with Crippen LogP contribution in [0.5, 0.6) is 0 Å². The van der Waals surface area contributed by atoms with E-state index >= 15 is 0 Å². The SMILES string of the molecule is CCNS(=O)(=O)c1ccc(C)c(C(=O)N(CC2CCOC2)C2CC2)c1. The number of benzene rings is 1. The van der Waals surface area contributed by atoms with Crippen molar-refractivity contribution >= 4 is 15.9 Å². The quantitative estimate of drug-likeness (QED) is 0.800. The zero-order valence-corrected chi connectivity index (χ0v) is 15.6. The number of ether oxygens (including phenoxy) is 1. The van der Waals surface area contributed by atoms with Crippen molar-refractivity contribution in [3.63, 3.8) is 0 Å². The molecule has 1 saturated carbocycles. The second kappa shape index (κ2) is 7.43. The van der Waals surface area contributed by atoms with Gasteiger partial charge in [-0.1, -0.05) is 13.0 Å². The molecule has 7 heteroatoms. The van der Waals surface area contributed by atoms with Crippen LogP contribution in [0.2, 0.25) is 0 Å². The number of hydrogen-bond acceptors (Lipinski definition) is 4. The van der Waals surface area contributed by atoms with Gasteiger partial charge >= 0.3 is 0 Å². The van der Waals surface area contributed by atoms with Gasteiger partial charge in [0.25, 0.3) is 5.91 Å².